The number of thioether (sulfide) groups is 1. The third kappa shape index (κ3) is 4.28. The van der Waals surface area contributed by atoms with Crippen LogP contribution in [0, 0.1) is 5.82 Å². The van der Waals surface area contributed by atoms with Crippen molar-refractivity contribution in [1.82, 2.24) is 14.8 Å². The number of hydrogen-bond donors (Lipinski definition) is 0. The first-order valence-corrected chi connectivity index (χ1v) is 11.8. The fraction of sp³-hybridized carbons (Fsp3) is 0.192. The van der Waals surface area contributed by atoms with E-state index in [1.54, 1.807) is 18.2 Å². The van der Waals surface area contributed by atoms with Crippen LogP contribution in [0.2, 0.25) is 0 Å². The van der Waals surface area contributed by atoms with Crippen LogP contribution in [0.3, 0.4) is 0 Å². The number of fused-ring (bicyclic) bond motifs is 1. The van der Waals surface area contributed by atoms with Crippen LogP contribution in [0.4, 0.5) is 10.1 Å². The van der Waals surface area contributed by atoms with Gasteiger partial charge in [0.2, 0.25) is 5.91 Å². The summed E-state index contributed by atoms with van der Waals surface area (Å²) in [4.78, 5) is 15.2. The molecule has 1 aliphatic rings. The summed E-state index contributed by atoms with van der Waals surface area (Å²) >= 11 is 1.36. The number of para-hydroxylation sites is 1. The van der Waals surface area contributed by atoms with Crippen LogP contribution in [-0.2, 0) is 17.8 Å². The van der Waals surface area contributed by atoms with Crippen molar-refractivity contribution in [1.29, 1.82) is 0 Å². The normalized spacial score (nSPS) is 13.7. The molecule has 0 bridgehead atoms. The molecule has 0 unspecified atom stereocenters. The lowest BCUT2D eigenvalue weighted by Crippen LogP contribution is -2.35. The van der Waals surface area contributed by atoms with Gasteiger partial charge in [0.15, 0.2) is 11.0 Å². The molecule has 0 saturated carbocycles. The molecule has 0 saturated heterocycles. The molecule has 0 spiro atoms. The van der Waals surface area contributed by atoms with E-state index in [2.05, 4.69) is 16.3 Å². The van der Waals surface area contributed by atoms with Gasteiger partial charge in [-0.3, -0.25) is 9.36 Å². The van der Waals surface area contributed by atoms with Gasteiger partial charge in [0.1, 0.15) is 5.82 Å². The molecule has 1 atom stereocenters. The summed E-state index contributed by atoms with van der Waals surface area (Å²) in [5, 5.41) is 8.89. The number of anilines is 1. The number of nitrogens with zero attached hydrogens (tertiary/aromatic N) is 4. The summed E-state index contributed by atoms with van der Waals surface area (Å²) < 4.78 is 16.5. The van der Waals surface area contributed by atoms with Crippen molar-refractivity contribution in [3.63, 3.8) is 0 Å². The Balaban J connectivity index is 1.45. The number of aromatic nitrogens is 3. The zero-order chi connectivity index (χ0) is 22.8. The van der Waals surface area contributed by atoms with E-state index in [-0.39, 0.29) is 17.0 Å². The van der Waals surface area contributed by atoms with Crippen LogP contribution in [-0.4, -0.2) is 32.5 Å². The highest BCUT2D eigenvalue weighted by Crippen LogP contribution is 2.33. The Morgan fingerprint density at radius 2 is 1.73 bits per heavy atom. The Kier molecular flexibility index (Phi) is 5.96. The molecule has 33 heavy (non-hydrogen) atoms. The minimum atomic E-state index is -0.372. The molecular weight excluding hydrogens is 435 g/mol. The second-order valence-corrected chi connectivity index (χ2v) is 9.29. The Labute approximate surface area is 196 Å². The van der Waals surface area contributed by atoms with Crippen molar-refractivity contribution >= 4 is 23.4 Å². The quantitative estimate of drug-likeness (QED) is 0.373. The van der Waals surface area contributed by atoms with Crippen molar-refractivity contribution in [2.24, 2.45) is 0 Å². The van der Waals surface area contributed by atoms with Crippen LogP contribution < -0.4 is 4.90 Å². The van der Waals surface area contributed by atoms with Crippen molar-refractivity contribution in [2.75, 3.05) is 11.4 Å². The SMILES string of the molecule is C[C@@H](Sc1nnc(-c2ccccc2F)n1Cc1ccccc1)C(=O)N1CCc2ccccc21. The predicted molar refractivity (Wildman–Crippen MR) is 129 cm³/mol. The number of hydrogen-bond acceptors (Lipinski definition) is 4. The largest absolute Gasteiger partial charge is 0.311 e. The lowest BCUT2D eigenvalue weighted by Gasteiger charge is -2.21. The highest BCUT2D eigenvalue weighted by Gasteiger charge is 2.30. The van der Waals surface area contributed by atoms with Crippen molar-refractivity contribution in [3.8, 4) is 11.4 Å². The summed E-state index contributed by atoms with van der Waals surface area (Å²) in [6, 6.07) is 24.5. The van der Waals surface area contributed by atoms with Gasteiger partial charge in [0.05, 0.1) is 17.4 Å². The third-order valence-electron chi connectivity index (χ3n) is 5.80. The highest BCUT2D eigenvalue weighted by molar-refractivity contribution is 8.00. The molecule has 0 N–H and O–H groups in total. The van der Waals surface area contributed by atoms with Crippen LogP contribution in [0.15, 0.2) is 84.0 Å². The van der Waals surface area contributed by atoms with Crippen LogP contribution in [0.25, 0.3) is 11.4 Å². The topological polar surface area (TPSA) is 51.0 Å². The molecule has 1 aliphatic heterocycles. The smallest absolute Gasteiger partial charge is 0.240 e. The maximum absolute atomic E-state index is 14.6. The van der Waals surface area contributed by atoms with E-state index in [1.165, 1.54) is 23.4 Å². The van der Waals surface area contributed by atoms with Gasteiger partial charge in [0, 0.05) is 12.2 Å². The van der Waals surface area contributed by atoms with Crippen molar-refractivity contribution < 1.29 is 9.18 Å². The standard InChI is InChI=1S/C26H23FN4OS/c1-18(25(32)30-16-15-20-11-5-8-14-23(20)30)33-26-29-28-24(21-12-6-7-13-22(21)27)31(26)17-19-9-3-2-4-10-19/h2-14,18H,15-17H2,1H3/t18-/m1/s1. The minimum absolute atomic E-state index is 0.0339. The Bertz CT molecular complexity index is 1290. The fourth-order valence-corrected chi connectivity index (χ4v) is 5.03. The van der Waals surface area contributed by atoms with Gasteiger partial charge in [-0.15, -0.1) is 10.2 Å². The molecule has 0 radical (unpaired) electrons. The van der Waals surface area contributed by atoms with Gasteiger partial charge >= 0.3 is 0 Å². The van der Waals surface area contributed by atoms with Crippen LogP contribution in [0.1, 0.15) is 18.1 Å². The Morgan fingerprint density at radius 3 is 2.55 bits per heavy atom. The zero-order valence-electron chi connectivity index (χ0n) is 18.2. The summed E-state index contributed by atoms with van der Waals surface area (Å²) in [6.07, 6.45) is 0.862. The van der Waals surface area contributed by atoms with Crippen LogP contribution in [0.5, 0.6) is 0 Å². The molecule has 166 valence electrons. The lowest BCUT2D eigenvalue weighted by atomic mass is 10.2. The van der Waals surface area contributed by atoms with E-state index in [0.717, 1.165) is 17.7 Å². The molecule has 5 rings (SSSR count). The van der Waals surface area contributed by atoms with Crippen molar-refractivity contribution in [3.05, 3.63) is 95.8 Å². The number of carbonyl (C=O) groups is 1. The monoisotopic (exact) mass is 458 g/mol. The van der Waals surface area contributed by atoms with E-state index < -0.39 is 0 Å². The Hall–Kier alpha value is -3.45. The molecule has 0 aliphatic carbocycles. The molecule has 7 heteroatoms. The second-order valence-electron chi connectivity index (χ2n) is 7.99. The van der Waals surface area contributed by atoms with Gasteiger partial charge in [-0.1, -0.05) is 72.4 Å². The summed E-state index contributed by atoms with van der Waals surface area (Å²) in [5.74, 6) is 0.130. The van der Waals surface area contributed by atoms with E-state index in [4.69, 9.17) is 0 Å². The second kappa shape index (κ2) is 9.19. The van der Waals surface area contributed by atoms with E-state index in [1.807, 2.05) is 64.9 Å². The van der Waals surface area contributed by atoms with Gasteiger partial charge in [0.25, 0.3) is 0 Å². The highest BCUT2D eigenvalue weighted by atomic mass is 32.2. The molecule has 1 aromatic heterocycles. The van der Waals surface area contributed by atoms with E-state index in [9.17, 15) is 9.18 Å². The molecule has 0 fully saturated rings. The fourth-order valence-electron chi connectivity index (χ4n) is 4.12. The maximum atomic E-state index is 14.6. The average molecular weight is 459 g/mol. The maximum Gasteiger partial charge on any atom is 0.240 e. The number of carbonyl (C=O) groups excluding carboxylic acids is 1. The van der Waals surface area contributed by atoms with Gasteiger partial charge in [-0.25, -0.2) is 4.39 Å². The third-order valence-corrected chi connectivity index (χ3v) is 6.87. The predicted octanol–water partition coefficient (Wildman–Crippen LogP) is 5.20. The molecule has 2 heterocycles. The minimum Gasteiger partial charge on any atom is -0.311 e. The zero-order valence-corrected chi connectivity index (χ0v) is 19.0. The number of amides is 1. The lowest BCUT2D eigenvalue weighted by molar-refractivity contribution is -0.117. The first-order valence-electron chi connectivity index (χ1n) is 10.9. The van der Waals surface area contributed by atoms with E-state index in [0.29, 0.717) is 29.6 Å². The average Bonchev–Trinajstić information content (AvgIpc) is 3.44. The summed E-state index contributed by atoms with van der Waals surface area (Å²) in [7, 11) is 0. The Morgan fingerprint density at radius 1 is 1.00 bits per heavy atom. The van der Waals surface area contributed by atoms with E-state index >= 15 is 0 Å². The molecule has 4 aromatic rings. The van der Waals surface area contributed by atoms with Crippen molar-refractivity contribution in [2.45, 2.75) is 30.3 Å². The number of benzene rings is 3. The first-order chi connectivity index (χ1) is 16.1. The summed E-state index contributed by atoms with van der Waals surface area (Å²) in [5.41, 5.74) is 3.61. The summed E-state index contributed by atoms with van der Waals surface area (Å²) in [6.45, 7) is 3.05. The van der Waals surface area contributed by atoms with Gasteiger partial charge < -0.3 is 4.90 Å². The number of halogens is 1. The first kappa shape index (κ1) is 21.4. The number of rotatable bonds is 6. The molecular formula is C26H23FN4OS. The molecule has 1 amide bonds. The van der Waals surface area contributed by atoms with Gasteiger partial charge in [-0.2, -0.15) is 0 Å². The van der Waals surface area contributed by atoms with Crippen LogP contribution >= 0.6 is 11.8 Å². The van der Waals surface area contributed by atoms with Gasteiger partial charge in [-0.05, 0) is 42.7 Å². The molecule has 5 nitrogen and oxygen atoms in total. The molecule has 3 aromatic carbocycles.